The highest BCUT2D eigenvalue weighted by molar-refractivity contribution is 9.09. The van der Waals surface area contributed by atoms with Crippen LogP contribution in [0.3, 0.4) is 0 Å². The predicted molar refractivity (Wildman–Crippen MR) is 149 cm³/mol. The molecule has 14 heteroatoms. The number of amides is 5. The van der Waals surface area contributed by atoms with Gasteiger partial charge in [-0.05, 0) is 36.5 Å². The molecule has 0 radical (unpaired) electrons. The predicted octanol–water partition coefficient (Wildman–Crippen LogP) is 3.43. The number of allylic oxidation sites excluding steroid dienone is 3. The number of halogens is 3. The van der Waals surface area contributed by atoms with Crippen LogP contribution in [-0.2, 0) is 23.9 Å². The molecule has 1 aromatic carbocycles. The molecular formula is C27H25BrCl2N2O9. The monoisotopic (exact) mass is 670 g/mol. The third-order valence-corrected chi connectivity index (χ3v) is 10.3. The number of benzene rings is 1. The van der Waals surface area contributed by atoms with Gasteiger partial charge in [0.15, 0.2) is 21.2 Å². The van der Waals surface area contributed by atoms with E-state index in [-0.39, 0.29) is 35.5 Å². The van der Waals surface area contributed by atoms with Crippen molar-refractivity contribution in [2.75, 3.05) is 26.8 Å². The Bertz CT molecular complexity index is 1420. The van der Waals surface area contributed by atoms with Gasteiger partial charge in [-0.1, -0.05) is 39.7 Å². The number of methoxy groups -OCH3 is 3. The van der Waals surface area contributed by atoms with E-state index in [1.54, 1.807) is 18.2 Å². The van der Waals surface area contributed by atoms with E-state index in [1.807, 2.05) is 0 Å². The highest BCUT2D eigenvalue weighted by Crippen LogP contribution is 2.63. The molecule has 0 unspecified atom stereocenters. The fourth-order valence-electron chi connectivity index (χ4n) is 6.49. The third kappa shape index (κ3) is 3.94. The number of hydrogen-bond donors (Lipinski definition) is 1. The van der Waals surface area contributed by atoms with Crippen LogP contribution in [0.15, 0.2) is 29.9 Å². The molecule has 2 aliphatic carbocycles. The van der Waals surface area contributed by atoms with Crippen LogP contribution < -0.4 is 9.47 Å². The minimum atomic E-state index is -1.97. The lowest BCUT2D eigenvalue weighted by molar-refractivity contribution is -0.140. The average molecular weight is 672 g/mol. The molecule has 5 rings (SSSR count). The molecule has 1 N–H and O–H groups in total. The number of rotatable bonds is 5. The quantitative estimate of drug-likeness (QED) is 0.216. The second-order valence-electron chi connectivity index (χ2n) is 10.1. The van der Waals surface area contributed by atoms with E-state index < -0.39 is 63.1 Å². The number of alkyl halides is 3. The number of carbonyl (C=O) groups is 5. The van der Waals surface area contributed by atoms with Gasteiger partial charge in [0.25, 0.3) is 11.8 Å². The number of nitrogens with zero attached hydrogens (tertiary/aromatic N) is 2. The summed E-state index contributed by atoms with van der Waals surface area (Å²) in [6.07, 6.45) is 3.76. The fraction of sp³-hybridized carbons (Fsp3) is 0.444. The Kier molecular flexibility index (Phi) is 7.40. The summed E-state index contributed by atoms with van der Waals surface area (Å²) in [6.45, 7) is 0. The molecule has 2 heterocycles. The van der Waals surface area contributed by atoms with Crippen LogP contribution in [0.2, 0.25) is 0 Å². The smallest absolute Gasteiger partial charge is 0.423 e. The van der Waals surface area contributed by atoms with Crippen molar-refractivity contribution in [1.29, 1.82) is 0 Å². The van der Waals surface area contributed by atoms with Gasteiger partial charge >= 0.3 is 6.09 Å². The number of aromatic hydroxyl groups is 1. The second kappa shape index (κ2) is 10.3. The van der Waals surface area contributed by atoms with Crippen molar-refractivity contribution in [3.8, 4) is 17.2 Å². The first-order valence-corrected chi connectivity index (χ1v) is 14.4. The van der Waals surface area contributed by atoms with Crippen molar-refractivity contribution in [3.05, 3.63) is 35.4 Å². The zero-order valence-corrected chi connectivity index (χ0v) is 25.2. The molecule has 41 heavy (non-hydrogen) atoms. The van der Waals surface area contributed by atoms with Gasteiger partial charge in [-0.3, -0.25) is 24.1 Å². The summed E-state index contributed by atoms with van der Waals surface area (Å²) in [7, 11) is 3.82. The van der Waals surface area contributed by atoms with Crippen LogP contribution in [0.5, 0.6) is 17.2 Å². The van der Waals surface area contributed by atoms with E-state index in [2.05, 4.69) is 20.7 Å². The van der Waals surface area contributed by atoms with Gasteiger partial charge in [-0.2, -0.15) is 4.90 Å². The fourth-order valence-corrected chi connectivity index (χ4v) is 7.87. The minimum Gasteiger partial charge on any atom is -0.502 e. The van der Waals surface area contributed by atoms with Gasteiger partial charge in [0.05, 0.1) is 38.6 Å². The van der Waals surface area contributed by atoms with E-state index in [1.165, 1.54) is 26.4 Å². The molecule has 0 aromatic heterocycles. The van der Waals surface area contributed by atoms with Gasteiger partial charge in [0.1, 0.15) is 0 Å². The lowest BCUT2D eigenvalue weighted by atomic mass is 9.57. The van der Waals surface area contributed by atoms with Crippen LogP contribution >= 0.6 is 39.1 Å². The van der Waals surface area contributed by atoms with Crippen molar-refractivity contribution in [3.63, 3.8) is 0 Å². The van der Waals surface area contributed by atoms with Crippen LogP contribution in [0, 0.1) is 23.7 Å². The molecule has 0 spiro atoms. The summed E-state index contributed by atoms with van der Waals surface area (Å²) >= 11 is 17.4. The Balaban J connectivity index is 1.66. The molecule has 2 saturated heterocycles. The first-order valence-electron chi connectivity index (χ1n) is 12.5. The molecule has 1 aromatic rings. The molecule has 1 saturated carbocycles. The van der Waals surface area contributed by atoms with Gasteiger partial charge in [-0.15, -0.1) is 23.2 Å². The highest BCUT2D eigenvalue weighted by Gasteiger charge is 2.75. The Morgan fingerprint density at radius 3 is 2.27 bits per heavy atom. The maximum absolute atomic E-state index is 13.7. The zero-order chi connectivity index (χ0) is 30.0. The van der Waals surface area contributed by atoms with Crippen LogP contribution in [0.4, 0.5) is 4.79 Å². The lowest BCUT2D eigenvalue weighted by Crippen LogP contribution is -2.60. The number of carbonyl (C=O) groups excluding carboxylic acids is 5. The molecule has 11 nitrogen and oxygen atoms in total. The van der Waals surface area contributed by atoms with Crippen molar-refractivity contribution in [2.45, 2.75) is 22.6 Å². The van der Waals surface area contributed by atoms with E-state index in [0.717, 1.165) is 12.0 Å². The largest absolute Gasteiger partial charge is 0.502 e. The Hall–Kier alpha value is -3.09. The summed E-state index contributed by atoms with van der Waals surface area (Å²) < 4.78 is 15.1. The first kappa shape index (κ1) is 29.4. The SMILES string of the molecule is COC(=O)N1C(=O)[C@H]2[C@H](CC=C3[C@H]2C[C@@]2(Cl)C(=O)N(CBr)C(=O)[C@@]2(Cl)[C@H]3C=Cc2cc(OC)c(O)c(OC)c2)C1=O. The number of likely N-dealkylation sites (tertiary alicyclic amines) is 2. The Morgan fingerprint density at radius 1 is 1.07 bits per heavy atom. The van der Waals surface area contributed by atoms with Gasteiger partial charge in [0, 0.05) is 5.92 Å². The van der Waals surface area contributed by atoms with Crippen LogP contribution in [-0.4, -0.2) is 81.2 Å². The molecule has 3 fully saturated rings. The minimum absolute atomic E-state index is 0.103. The standard InChI is InChI=1S/C27H25BrCl2N2O9/c1-39-17-8-12(9-18(40-2)20(17)33)4-7-16-13-5-6-14-19(22(35)32(21(14)34)25(38)41-3)15(13)10-26(29)23(36)31(11-28)24(37)27(16,26)30/h4-5,7-9,14-16,19,33H,6,10-11H2,1-3H3/t14-,15+,16-,19-,26+,27-/m0/s1. The number of hydrogen-bond acceptors (Lipinski definition) is 9. The Labute approximate surface area is 253 Å². The van der Waals surface area contributed by atoms with Crippen molar-refractivity contribution in [2.24, 2.45) is 23.7 Å². The van der Waals surface area contributed by atoms with E-state index in [9.17, 15) is 29.1 Å². The van der Waals surface area contributed by atoms with Crippen LogP contribution in [0.1, 0.15) is 18.4 Å². The number of ether oxygens (including phenoxy) is 3. The van der Waals surface area contributed by atoms with Gasteiger partial charge in [0.2, 0.25) is 17.6 Å². The maximum Gasteiger partial charge on any atom is 0.423 e. The van der Waals surface area contributed by atoms with Crippen molar-refractivity contribution < 1.29 is 43.3 Å². The van der Waals surface area contributed by atoms with Gasteiger partial charge in [-0.25, -0.2) is 4.79 Å². The number of phenols is 1. The van der Waals surface area contributed by atoms with E-state index in [0.29, 0.717) is 16.0 Å². The number of imide groups is 4. The van der Waals surface area contributed by atoms with E-state index in [4.69, 9.17) is 32.7 Å². The average Bonchev–Trinajstić information content (AvgIpc) is 3.30. The molecule has 0 bridgehead atoms. The molecule has 218 valence electrons. The van der Waals surface area contributed by atoms with E-state index >= 15 is 0 Å². The van der Waals surface area contributed by atoms with Gasteiger partial charge < -0.3 is 19.3 Å². The molecule has 2 aliphatic heterocycles. The molecular weight excluding hydrogens is 647 g/mol. The normalized spacial score (nSPS) is 32.6. The van der Waals surface area contributed by atoms with Crippen molar-refractivity contribution >= 4 is 74.9 Å². The van der Waals surface area contributed by atoms with Crippen molar-refractivity contribution in [1.82, 2.24) is 9.80 Å². The topological polar surface area (TPSA) is 140 Å². The summed E-state index contributed by atoms with van der Waals surface area (Å²) in [5.41, 5.74) is 0.906. The molecule has 6 atom stereocenters. The lowest BCUT2D eigenvalue weighted by Gasteiger charge is -2.49. The Morgan fingerprint density at radius 2 is 1.71 bits per heavy atom. The summed E-state index contributed by atoms with van der Waals surface area (Å²) in [4.78, 5) is 63.6. The summed E-state index contributed by atoms with van der Waals surface area (Å²) in [6, 6.07) is 3.07. The first-order chi connectivity index (χ1) is 19.4. The number of fused-ring (bicyclic) bond motifs is 4. The van der Waals surface area contributed by atoms with Crippen LogP contribution in [0.25, 0.3) is 6.08 Å². The molecule has 5 amide bonds. The third-order valence-electron chi connectivity index (χ3n) is 8.41. The highest BCUT2D eigenvalue weighted by atomic mass is 79.9. The maximum atomic E-state index is 13.7. The summed E-state index contributed by atoms with van der Waals surface area (Å²) in [5, 5.41) is 10.3. The molecule has 4 aliphatic rings. The number of phenolic OH excluding ortho intramolecular Hbond substituents is 1. The second-order valence-corrected chi connectivity index (χ2v) is 11.9. The zero-order valence-electron chi connectivity index (χ0n) is 22.1. The summed E-state index contributed by atoms with van der Waals surface area (Å²) in [5.74, 6) is -6.49.